The van der Waals surface area contributed by atoms with Gasteiger partial charge in [0.1, 0.15) is 11.6 Å². The number of carbonyl (C=O) groups is 1. The van der Waals surface area contributed by atoms with Crippen molar-refractivity contribution in [1.82, 2.24) is 0 Å². The Labute approximate surface area is 59.9 Å². The smallest absolute Gasteiger partial charge is 0.348 e. The summed E-state index contributed by atoms with van der Waals surface area (Å²) in [5.74, 6) is -0.661. The Kier molecular flexibility index (Phi) is 3.97. The largest absolute Gasteiger partial charge is 0.462 e. The van der Waals surface area contributed by atoms with Gasteiger partial charge in [0.05, 0.1) is 6.61 Å². The number of nitriles is 1. The highest BCUT2D eigenvalue weighted by atomic mass is 16.5. The summed E-state index contributed by atoms with van der Waals surface area (Å²) in [6, 6.07) is 1.58. The minimum atomic E-state index is -0.661. The highest BCUT2D eigenvalue weighted by molar-refractivity contribution is 5.91. The predicted octanol–water partition coefficient (Wildman–Crippen LogP) is 0.834. The molecule has 0 rings (SSSR count). The quantitative estimate of drug-likeness (QED) is 0.330. The monoisotopic (exact) mass is 138 g/mol. The third kappa shape index (κ3) is 2.88. The molecule has 0 fully saturated rings. The summed E-state index contributed by atoms with van der Waals surface area (Å²) in [7, 11) is 0. The zero-order chi connectivity index (χ0) is 7.98. The Morgan fingerprint density at radius 2 is 2.30 bits per heavy atom. The minimum Gasteiger partial charge on any atom is -0.462 e. The van der Waals surface area contributed by atoms with Gasteiger partial charge in [-0.15, -0.1) is 0 Å². The van der Waals surface area contributed by atoms with Crippen molar-refractivity contribution in [1.29, 1.82) is 5.26 Å². The van der Waals surface area contributed by atoms with Crippen molar-refractivity contribution in [3.05, 3.63) is 19.1 Å². The van der Waals surface area contributed by atoms with Crippen LogP contribution in [-0.2, 0) is 9.53 Å². The molecule has 0 saturated carbocycles. The Bertz CT molecular complexity index is 179. The molecule has 53 valence electrons. The van der Waals surface area contributed by atoms with Gasteiger partial charge in [-0.05, 0) is 13.3 Å². The van der Waals surface area contributed by atoms with E-state index >= 15 is 0 Å². The van der Waals surface area contributed by atoms with E-state index in [0.717, 1.165) is 0 Å². The third-order valence-electron chi connectivity index (χ3n) is 0.759. The minimum absolute atomic E-state index is 0.173. The van der Waals surface area contributed by atoms with Gasteiger partial charge in [0.15, 0.2) is 0 Å². The van der Waals surface area contributed by atoms with E-state index in [0.29, 0.717) is 6.42 Å². The number of carbonyl (C=O) groups excluding carboxylic acids is 1. The van der Waals surface area contributed by atoms with E-state index in [4.69, 9.17) is 5.26 Å². The summed E-state index contributed by atoms with van der Waals surface area (Å²) in [6.45, 7) is 6.86. The number of nitrogens with zero attached hydrogens (tertiary/aromatic N) is 1. The van der Waals surface area contributed by atoms with Crippen molar-refractivity contribution in [3.63, 3.8) is 0 Å². The summed E-state index contributed by atoms with van der Waals surface area (Å²) < 4.78 is 4.52. The van der Waals surface area contributed by atoms with E-state index in [1.807, 2.05) is 0 Å². The highest BCUT2D eigenvalue weighted by Crippen LogP contribution is 1.92. The summed E-state index contributed by atoms with van der Waals surface area (Å²) in [6.07, 6.45) is 0.504. The lowest BCUT2D eigenvalue weighted by Crippen LogP contribution is -2.06. The fraction of sp³-hybridized carbons (Fsp3) is 0.286. The SMILES string of the molecule is [CH2]CCOC(=O)C(=C)C#N. The molecule has 0 heterocycles. The average molecular weight is 138 g/mol. The lowest BCUT2D eigenvalue weighted by atomic mass is 10.3. The van der Waals surface area contributed by atoms with E-state index in [2.05, 4.69) is 18.2 Å². The lowest BCUT2D eigenvalue weighted by molar-refractivity contribution is -0.138. The average Bonchev–Trinajstić information content (AvgIpc) is 1.98. The first-order valence-electron chi connectivity index (χ1n) is 2.77. The Balaban J connectivity index is 3.66. The summed E-state index contributed by atoms with van der Waals surface area (Å²) in [5.41, 5.74) is -0.173. The predicted molar refractivity (Wildman–Crippen MR) is 35.7 cm³/mol. The molecule has 0 aromatic carbocycles. The van der Waals surface area contributed by atoms with Crippen LogP contribution in [0.15, 0.2) is 12.2 Å². The molecular formula is C7H8NO2. The number of rotatable bonds is 3. The fourth-order valence-corrected chi connectivity index (χ4v) is 0.298. The van der Waals surface area contributed by atoms with Crippen LogP contribution in [0.1, 0.15) is 6.42 Å². The lowest BCUT2D eigenvalue weighted by Gasteiger charge is -1.97. The van der Waals surface area contributed by atoms with Gasteiger partial charge in [-0.2, -0.15) is 5.26 Å². The summed E-state index contributed by atoms with van der Waals surface area (Å²) in [4.78, 5) is 10.6. The molecule has 0 saturated heterocycles. The first kappa shape index (κ1) is 8.70. The number of ether oxygens (including phenoxy) is 1. The molecule has 0 aliphatic heterocycles. The molecule has 0 spiro atoms. The van der Waals surface area contributed by atoms with E-state index in [9.17, 15) is 4.79 Å². The van der Waals surface area contributed by atoms with Crippen molar-refractivity contribution >= 4 is 5.97 Å². The highest BCUT2D eigenvalue weighted by Gasteiger charge is 2.04. The van der Waals surface area contributed by atoms with Crippen molar-refractivity contribution in [2.75, 3.05) is 6.61 Å². The number of hydrogen-bond donors (Lipinski definition) is 0. The van der Waals surface area contributed by atoms with Gasteiger partial charge in [0.25, 0.3) is 0 Å². The maximum absolute atomic E-state index is 10.6. The van der Waals surface area contributed by atoms with Gasteiger partial charge in [0, 0.05) is 0 Å². The summed E-state index contributed by atoms with van der Waals surface area (Å²) >= 11 is 0. The molecule has 0 atom stereocenters. The molecule has 0 N–H and O–H groups in total. The molecule has 3 heteroatoms. The van der Waals surface area contributed by atoms with Gasteiger partial charge in [0.2, 0.25) is 0 Å². The second-order valence-corrected chi connectivity index (χ2v) is 1.58. The molecule has 0 bridgehead atoms. The van der Waals surface area contributed by atoms with Crippen molar-refractivity contribution < 1.29 is 9.53 Å². The van der Waals surface area contributed by atoms with Crippen LogP contribution < -0.4 is 0 Å². The van der Waals surface area contributed by atoms with Crippen LogP contribution in [0.4, 0.5) is 0 Å². The molecule has 0 unspecified atom stereocenters. The fourth-order valence-electron chi connectivity index (χ4n) is 0.298. The number of esters is 1. The molecule has 3 nitrogen and oxygen atoms in total. The van der Waals surface area contributed by atoms with Crippen LogP contribution in [0.3, 0.4) is 0 Å². The molecule has 10 heavy (non-hydrogen) atoms. The van der Waals surface area contributed by atoms with E-state index < -0.39 is 5.97 Å². The Morgan fingerprint density at radius 3 is 2.70 bits per heavy atom. The van der Waals surface area contributed by atoms with Gasteiger partial charge < -0.3 is 4.74 Å². The molecule has 1 radical (unpaired) electrons. The second-order valence-electron chi connectivity index (χ2n) is 1.58. The maximum Gasteiger partial charge on any atom is 0.348 e. The molecule has 0 amide bonds. The second kappa shape index (κ2) is 4.57. The molecule has 0 aromatic heterocycles. The van der Waals surface area contributed by atoms with Crippen LogP contribution >= 0.6 is 0 Å². The van der Waals surface area contributed by atoms with E-state index in [-0.39, 0.29) is 12.2 Å². The maximum atomic E-state index is 10.6. The zero-order valence-corrected chi connectivity index (χ0v) is 5.59. The van der Waals surface area contributed by atoms with Crippen LogP contribution in [0.25, 0.3) is 0 Å². The van der Waals surface area contributed by atoms with Crippen LogP contribution in [-0.4, -0.2) is 12.6 Å². The van der Waals surface area contributed by atoms with Crippen LogP contribution in [0.2, 0.25) is 0 Å². The number of hydrogen-bond acceptors (Lipinski definition) is 3. The molecular weight excluding hydrogens is 130 g/mol. The first-order chi connectivity index (χ1) is 4.72. The van der Waals surface area contributed by atoms with Crippen molar-refractivity contribution in [2.45, 2.75) is 6.42 Å². The standard InChI is InChI=1S/C7H8NO2/c1-3-4-10-7(9)6(2)5-8/h1-4H2. The van der Waals surface area contributed by atoms with Crippen molar-refractivity contribution in [3.8, 4) is 6.07 Å². The van der Waals surface area contributed by atoms with Gasteiger partial charge in [-0.3, -0.25) is 0 Å². The van der Waals surface area contributed by atoms with Crippen molar-refractivity contribution in [2.24, 2.45) is 0 Å². The van der Waals surface area contributed by atoms with Crippen LogP contribution in [0, 0.1) is 18.3 Å². The van der Waals surface area contributed by atoms with Gasteiger partial charge in [-0.25, -0.2) is 4.79 Å². The summed E-state index contributed by atoms with van der Waals surface area (Å²) in [5, 5.41) is 8.14. The zero-order valence-electron chi connectivity index (χ0n) is 5.59. The first-order valence-corrected chi connectivity index (χ1v) is 2.77. The topological polar surface area (TPSA) is 50.1 Å². The van der Waals surface area contributed by atoms with Gasteiger partial charge >= 0.3 is 5.97 Å². The molecule has 0 aliphatic carbocycles. The molecule has 0 aromatic rings. The third-order valence-corrected chi connectivity index (χ3v) is 0.759. The van der Waals surface area contributed by atoms with E-state index in [1.165, 1.54) is 0 Å². The van der Waals surface area contributed by atoms with E-state index in [1.54, 1.807) is 6.07 Å². The molecule has 0 aliphatic rings. The normalized spacial score (nSPS) is 8.00. The van der Waals surface area contributed by atoms with Gasteiger partial charge in [-0.1, -0.05) is 6.58 Å². The van der Waals surface area contributed by atoms with Crippen LogP contribution in [0.5, 0.6) is 0 Å². The Hall–Kier alpha value is -1.30. The Morgan fingerprint density at radius 1 is 1.70 bits per heavy atom.